The largest absolute Gasteiger partial charge is 0.327 e. The van der Waals surface area contributed by atoms with E-state index < -0.39 is 0 Å². The van der Waals surface area contributed by atoms with E-state index in [-0.39, 0.29) is 5.91 Å². The van der Waals surface area contributed by atoms with Crippen LogP contribution in [0.3, 0.4) is 0 Å². The van der Waals surface area contributed by atoms with E-state index in [0.29, 0.717) is 6.54 Å². The summed E-state index contributed by atoms with van der Waals surface area (Å²) in [5, 5.41) is 3.00. The first kappa shape index (κ1) is 14.5. The summed E-state index contributed by atoms with van der Waals surface area (Å²) in [5.74, 6) is 0.112. The predicted octanol–water partition coefficient (Wildman–Crippen LogP) is 2.15. The van der Waals surface area contributed by atoms with Crippen molar-refractivity contribution in [2.45, 2.75) is 32.6 Å². The normalized spacial score (nSPS) is 16.9. The lowest BCUT2D eigenvalue weighted by atomic mass is 10.2. The summed E-state index contributed by atoms with van der Waals surface area (Å²) in [6, 6.07) is 5.99. The first-order valence-corrected chi connectivity index (χ1v) is 7.84. The van der Waals surface area contributed by atoms with Crippen LogP contribution in [0, 0.1) is 6.92 Å². The van der Waals surface area contributed by atoms with E-state index in [0.717, 1.165) is 23.2 Å². The molecule has 1 fully saturated rings. The molecule has 3 nitrogen and oxygen atoms in total. The molecule has 1 aliphatic heterocycles. The zero-order chi connectivity index (χ0) is 13.7. The van der Waals surface area contributed by atoms with Crippen molar-refractivity contribution >= 4 is 27.5 Å². The van der Waals surface area contributed by atoms with Crippen LogP contribution in [0.4, 0.5) is 5.69 Å². The van der Waals surface area contributed by atoms with Crippen LogP contribution in [-0.4, -0.2) is 25.5 Å². The number of quaternary nitrogens is 1. The third-order valence-electron chi connectivity index (χ3n) is 3.62. The molecule has 0 atom stereocenters. The summed E-state index contributed by atoms with van der Waals surface area (Å²) < 4.78 is 0.951. The van der Waals surface area contributed by atoms with Crippen molar-refractivity contribution in [1.29, 1.82) is 0 Å². The Kier molecular flexibility index (Phi) is 5.40. The Morgan fingerprint density at radius 1 is 1.26 bits per heavy atom. The van der Waals surface area contributed by atoms with Crippen LogP contribution >= 0.6 is 15.9 Å². The lowest BCUT2D eigenvalue weighted by Crippen LogP contribution is -3.12. The van der Waals surface area contributed by atoms with Gasteiger partial charge in [-0.15, -0.1) is 0 Å². The van der Waals surface area contributed by atoms with Crippen LogP contribution in [-0.2, 0) is 4.79 Å². The maximum absolute atomic E-state index is 12.1. The molecule has 1 aromatic rings. The van der Waals surface area contributed by atoms with Crippen molar-refractivity contribution in [2.75, 3.05) is 25.0 Å². The number of hydrogen-bond donors (Lipinski definition) is 2. The van der Waals surface area contributed by atoms with E-state index in [4.69, 9.17) is 0 Å². The van der Waals surface area contributed by atoms with Gasteiger partial charge in [-0.1, -0.05) is 6.07 Å². The lowest BCUT2D eigenvalue weighted by molar-refractivity contribution is -0.890. The molecule has 0 bridgehead atoms. The fourth-order valence-corrected chi connectivity index (χ4v) is 3.14. The average Bonchev–Trinajstić information content (AvgIpc) is 2.61. The number of amides is 1. The molecule has 0 aliphatic carbocycles. The second kappa shape index (κ2) is 7.06. The molecule has 2 N–H and O–H groups in total. The van der Waals surface area contributed by atoms with Gasteiger partial charge in [0.2, 0.25) is 0 Å². The highest BCUT2D eigenvalue weighted by Crippen LogP contribution is 2.23. The van der Waals surface area contributed by atoms with Gasteiger partial charge in [0.05, 0.1) is 18.8 Å². The molecule has 0 spiro atoms. The fraction of sp³-hybridized carbons (Fsp3) is 0.533. The number of anilines is 1. The second-order valence-corrected chi connectivity index (χ2v) is 6.23. The topological polar surface area (TPSA) is 33.5 Å². The number of rotatable bonds is 3. The molecule has 1 aromatic carbocycles. The lowest BCUT2D eigenvalue weighted by Gasteiger charge is -2.16. The molecule has 0 unspecified atom stereocenters. The summed E-state index contributed by atoms with van der Waals surface area (Å²) >= 11 is 3.49. The fourth-order valence-electron chi connectivity index (χ4n) is 2.55. The van der Waals surface area contributed by atoms with E-state index in [1.807, 2.05) is 25.1 Å². The molecule has 19 heavy (non-hydrogen) atoms. The molecule has 0 radical (unpaired) electrons. The van der Waals surface area contributed by atoms with Crippen molar-refractivity contribution < 1.29 is 9.69 Å². The number of likely N-dealkylation sites (tertiary alicyclic amines) is 1. The predicted molar refractivity (Wildman–Crippen MR) is 81.5 cm³/mol. The van der Waals surface area contributed by atoms with Crippen LogP contribution in [0.1, 0.15) is 31.2 Å². The number of nitrogens with one attached hydrogen (secondary N) is 2. The number of carbonyl (C=O) groups is 1. The highest BCUT2D eigenvalue weighted by molar-refractivity contribution is 9.10. The van der Waals surface area contributed by atoms with E-state index in [1.54, 1.807) is 0 Å². The molecule has 0 saturated carbocycles. The molecule has 1 heterocycles. The smallest absolute Gasteiger partial charge is 0.279 e. The van der Waals surface area contributed by atoms with E-state index >= 15 is 0 Å². The minimum Gasteiger partial charge on any atom is -0.327 e. The Morgan fingerprint density at radius 3 is 2.58 bits per heavy atom. The molecule has 2 rings (SSSR count). The Balaban J connectivity index is 1.89. The minimum atomic E-state index is 0.112. The van der Waals surface area contributed by atoms with Crippen LogP contribution in [0.5, 0.6) is 0 Å². The number of benzene rings is 1. The third kappa shape index (κ3) is 4.62. The number of carbonyl (C=O) groups excluding carboxylic acids is 1. The standard InChI is InChI=1S/C15H21BrN2O/c1-12-6-7-14(13(16)10-12)17-15(19)11-18-8-4-2-3-5-9-18/h6-7,10H,2-5,8-9,11H2,1H3,(H,17,19)/p+1. The number of halogens is 1. The van der Waals surface area contributed by atoms with Crippen molar-refractivity contribution in [3.05, 3.63) is 28.2 Å². The van der Waals surface area contributed by atoms with Gasteiger partial charge < -0.3 is 10.2 Å². The maximum atomic E-state index is 12.1. The van der Waals surface area contributed by atoms with Crippen molar-refractivity contribution in [3.8, 4) is 0 Å². The van der Waals surface area contributed by atoms with Crippen LogP contribution < -0.4 is 10.2 Å². The van der Waals surface area contributed by atoms with Gasteiger partial charge in [-0.25, -0.2) is 0 Å². The third-order valence-corrected chi connectivity index (χ3v) is 4.28. The average molecular weight is 326 g/mol. The van der Waals surface area contributed by atoms with Gasteiger partial charge in [0.25, 0.3) is 5.91 Å². The zero-order valence-electron chi connectivity index (χ0n) is 11.5. The van der Waals surface area contributed by atoms with Gasteiger partial charge in [-0.2, -0.15) is 0 Å². The van der Waals surface area contributed by atoms with Crippen LogP contribution in [0.2, 0.25) is 0 Å². The summed E-state index contributed by atoms with van der Waals surface area (Å²) in [7, 11) is 0. The maximum Gasteiger partial charge on any atom is 0.279 e. The summed E-state index contributed by atoms with van der Waals surface area (Å²) in [6.45, 7) is 4.88. The summed E-state index contributed by atoms with van der Waals surface area (Å²) in [5.41, 5.74) is 2.05. The highest BCUT2D eigenvalue weighted by atomic mass is 79.9. The summed E-state index contributed by atoms with van der Waals surface area (Å²) in [6.07, 6.45) is 5.12. The Hall–Kier alpha value is -0.870. The van der Waals surface area contributed by atoms with Crippen LogP contribution in [0.15, 0.2) is 22.7 Å². The monoisotopic (exact) mass is 325 g/mol. The SMILES string of the molecule is Cc1ccc(NC(=O)C[NH+]2CCCCCC2)c(Br)c1. The number of hydrogen-bond acceptors (Lipinski definition) is 1. The molecule has 104 valence electrons. The van der Waals surface area contributed by atoms with Gasteiger partial charge in [0.15, 0.2) is 6.54 Å². The van der Waals surface area contributed by atoms with E-state index in [1.165, 1.54) is 36.1 Å². The Morgan fingerprint density at radius 2 is 1.95 bits per heavy atom. The Bertz CT molecular complexity index is 440. The van der Waals surface area contributed by atoms with E-state index in [2.05, 4.69) is 21.2 Å². The first-order chi connectivity index (χ1) is 9.15. The second-order valence-electron chi connectivity index (χ2n) is 5.37. The van der Waals surface area contributed by atoms with Crippen molar-refractivity contribution in [1.82, 2.24) is 0 Å². The van der Waals surface area contributed by atoms with Crippen molar-refractivity contribution in [2.24, 2.45) is 0 Å². The van der Waals surface area contributed by atoms with Gasteiger partial charge >= 0.3 is 0 Å². The van der Waals surface area contributed by atoms with Gasteiger partial charge in [0, 0.05) is 4.47 Å². The molecule has 1 aliphatic rings. The van der Waals surface area contributed by atoms with Gasteiger partial charge in [-0.05, 0) is 66.2 Å². The number of aryl methyl sites for hydroxylation is 1. The summed E-state index contributed by atoms with van der Waals surface area (Å²) in [4.78, 5) is 13.5. The molecular weight excluding hydrogens is 304 g/mol. The Labute approximate surface area is 123 Å². The first-order valence-electron chi connectivity index (χ1n) is 7.05. The molecule has 1 saturated heterocycles. The molecular formula is C15H22BrN2O+. The molecule has 1 amide bonds. The van der Waals surface area contributed by atoms with Gasteiger partial charge in [-0.3, -0.25) is 4.79 Å². The quantitative estimate of drug-likeness (QED) is 0.877. The van der Waals surface area contributed by atoms with Gasteiger partial charge in [0.1, 0.15) is 0 Å². The minimum absolute atomic E-state index is 0.112. The molecule has 0 aromatic heterocycles. The van der Waals surface area contributed by atoms with Crippen molar-refractivity contribution in [3.63, 3.8) is 0 Å². The molecule has 4 heteroatoms. The highest BCUT2D eigenvalue weighted by Gasteiger charge is 2.16. The van der Waals surface area contributed by atoms with Crippen LogP contribution in [0.25, 0.3) is 0 Å². The zero-order valence-corrected chi connectivity index (χ0v) is 13.1. The van der Waals surface area contributed by atoms with E-state index in [9.17, 15) is 4.79 Å².